The van der Waals surface area contributed by atoms with Crippen molar-refractivity contribution < 1.29 is 9.21 Å². The molecule has 1 amide bonds. The molecule has 0 radical (unpaired) electrons. The first kappa shape index (κ1) is 17.1. The Hall–Kier alpha value is -3.34. The van der Waals surface area contributed by atoms with Crippen LogP contribution in [0, 0.1) is 0 Å². The Labute approximate surface area is 157 Å². The zero-order valence-corrected chi connectivity index (χ0v) is 15.4. The molecular weight excluding hydrogens is 338 g/mol. The normalized spacial score (nSPS) is 12.2. The molecule has 2 heterocycles. The van der Waals surface area contributed by atoms with Crippen molar-refractivity contribution in [2.24, 2.45) is 0 Å². The van der Waals surface area contributed by atoms with E-state index in [1.165, 1.54) is 0 Å². The van der Waals surface area contributed by atoms with Crippen molar-refractivity contribution in [3.8, 4) is 5.69 Å². The Morgan fingerprint density at radius 1 is 1.15 bits per heavy atom. The van der Waals surface area contributed by atoms with Gasteiger partial charge >= 0.3 is 0 Å². The second kappa shape index (κ2) is 7.11. The number of hydrogen-bond acceptors (Lipinski definition) is 3. The molecule has 4 rings (SSSR count). The van der Waals surface area contributed by atoms with Crippen LogP contribution < -0.4 is 0 Å². The van der Waals surface area contributed by atoms with E-state index in [9.17, 15) is 4.79 Å². The second-order valence-electron chi connectivity index (χ2n) is 6.67. The Bertz CT molecular complexity index is 1030. The van der Waals surface area contributed by atoms with Crippen molar-refractivity contribution in [1.29, 1.82) is 0 Å². The molecule has 0 aliphatic rings. The zero-order chi connectivity index (χ0) is 18.8. The van der Waals surface area contributed by atoms with Crippen molar-refractivity contribution in [2.45, 2.75) is 19.4 Å². The lowest BCUT2D eigenvalue weighted by Crippen LogP contribution is -2.30. The summed E-state index contributed by atoms with van der Waals surface area (Å²) in [7, 11) is 1.81. The topological polar surface area (TPSA) is 51.3 Å². The Morgan fingerprint density at radius 3 is 2.67 bits per heavy atom. The van der Waals surface area contributed by atoms with Gasteiger partial charge in [-0.15, -0.1) is 0 Å². The number of nitrogens with zero attached hydrogens (tertiary/aromatic N) is 3. The minimum absolute atomic E-state index is 0.0237. The third kappa shape index (κ3) is 3.49. The number of furan rings is 1. The maximum atomic E-state index is 12.7. The summed E-state index contributed by atoms with van der Waals surface area (Å²) in [6, 6.07) is 19.6. The van der Waals surface area contributed by atoms with Crippen molar-refractivity contribution in [2.75, 3.05) is 7.05 Å². The monoisotopic (exact) mass is 359 g/mol. The number of fused-ring (bicyclic) bond motifs is 1. The molecule has 27 heavy (non-hydrogen) atoms. The van der Waals surface area contributed by atoms with Gasteiger partial charge in [0.25, 0.3) is 0 Å². The fourth-order valence-corrected chi connectivity index (χ4v) is 3.09. The maximum absolute atomic E-state index is 12.7. The summed E-state index contributed by atoms with van der Waals surface area (Å²) in [5.41, 5.74) is 2.69. The number of likely N-dealkylation sites (N-methyl/N-ethyl adjacent to an activating group) is 1. The van der Waals surface area contributed by atoms with Crippen molar-refractivity contribution in [3.05, 3.63) is 84.4 Å². The van der Waals surface area contributed by atoms with Gasteiger partial charge in [-0.1, -0.05) is 36.4 Å². The van der Waals surface area contributed by atoms with Gasteiger partial charge in [-0.3, -0.25) is 4.79 Å². The first-order chi connectivity index (χ1) is 13.1. The van der Waals surface area contributed by atoms with Gasteiger partial charge in [0.2, 0.25) is 5.91 Å². The maximum Gasteiger partial charge on any atom is 0.227 e. The van der Waals surface area contributed by atoms with E-state index in [0.717, 1.165) is 28.0 Å². The third-order valence-electron chi connectivity index (χ3n) is 4.84. The van der Waals surface area contributed by atoms with E-state index in [2.05, 4.69) is 5.10 Å². The minimum atomic E-state index is -0.144. The number of carbonyl (C=O) groups excluding carboxylic acids is 1. The van der Waals surface area contributed by atoms with Crippen LogP contribution in [-0.2, 0) is 11.2 Å². The Kier molecular flexibility index (Phi) is 4.50. The predicted molar refractivity (Wildman–Crippen MR) is 105 cm³/mol. The first-order valence-electron chi connectivity index (χ1n) is 8.95. The number of para-hydroxylation sites is 2. The molecule has 0 saturated heterocycles. The highest BCUT2D eigenvalue weighted by atomic mass is 16.3. The molecule has 4 aromatic rings. The van der Waals surface area contributed by atoms with Crippen LogP contribution in [0.25, 0.3) is 16.7 Å². The van der Waals surface area contributed by atoms with Gasteiger partial charge in [-0.25, -0.2) is 4.68 Å². The molecule has 0 bridgehead atoms. The van der Waals surface area contributed by atoms with Gasteiger partial charge in [0.05, 0.1) is 24.3 Å². The van der Waals surface area contributed by atoms with Gasteiger partial charge in [-0.2, -0.15) is 5.10 Å². The molecule has 0 spiro atoms. The van der Waals surface area contributed by atoms with Gasteiger partial charge in [0, 0.05) is 18.6 Å². The summed E-state index contributed by atoms with van der Waals surface area (Å²) in [6.45, 7) is 1.98. The summed E-state index contributed by atoms with van der Waals surface area (Å²) in [5, 5.41) is 5.40. The summed E-state index contributed by atoms with van der Waals surface area (Å²) < 4.78 is 7.69. The predicted octanol–water partition coefficient (Wildman–Crippen LogP) is 4.38. The highest BCUT2D eigenvalue weighted by molar-refractivity contribution is 5.80. The molecule has 0 saturated carbocycles. The zero-order valence-electron chi connectivity index (χ0n) is 15.4. The molecular formula is C22H21N3O2. The molecule has 1 atom stereocenters. The van der Waals surface area contributed by atoms with Crippen molar-refractivity contribution in [3.63, 3.8) is 0 Å². The Morgan fingerprint density at radius 2 is 1.89 bits per heavy atom. The SMILES string of the molecule is CC(c1cc2ccccc2o1)N(C)C(=O)Cc1cnn(-c2ccccc2)c1. The van der Waals surface area contributed by atoms with Crippen LogP contribution in [0.3, 0.4) is 0 Å². The highest BCUT2D eigenvalue weighted by Gasteiger charge is 2.21. The molecule has 1 unspecified atom stereocenters. The average Bonchev–Trinajstić information content (AvgIpc) is 3.34. The lowest BCUT2D eigenvalue weighted by atomic mass is 10.1. The summed E-state index contributed by atoms with van der Waals surface area (Å²) in [4.78, 5) is 14.5. The number of hydrogen-bond donors (Lipinski definition) is 0. The van der Waals surface area contributed by atoms with E-state index >= 15 is 0 Å². The number of aromatic nitrogens is 2. The molecule has 136 valence electrons. The van der Waals surface area contributed by atoms with Crippen LogP contribution in [-0.4, -0.2) is 27.6 Å². The summed E-state index contributed by atoms with van der Waals surface area (Å²) >= 11 is 0. The van der Waals surface area contributed by atoms with Crippen molar-refractivity contribution >= 4 is 16.9 Å². The summed E-state index contributed by atoms with van der Waals surface area (Å²) in [6.07, 6.45) is 3.94. The molecule has 0 aliphatic heterocycles. The molecule has 5 heteroatoms. The van der Waals surface area contributed by atoms with E-state index in [1.807, 2.05) is 80.8 Å². The van der Waals surface area contributed by atoms with Crippen LogP contribution >= 0.6 is 0 Å². The van der Waals surface area contributed by atoms with Gasteiger partial charge < -0.3 is 9.32 Å². The van der Waals surface area contributed by atoms with Gasteiger partial charge in [0.1, 0.15) is 11.3 Å². The summed E-state index contributed by atoms with van der Waals surface area (Å²) in [5.74, 6) is 0.808. The van der Waals surface area contributed by atoms with E-state index in [0.29, 0.717) is 6.42 Å². The molecule has 0 fully saturated rings. The molecule has 2 aromatic carbocycles. The van der Waals surface area contributed by atoms with Crippen LogP contribution in [0.15, 0.2) is 77.5 Å². The van der Waals surface area contributed by atoms with Crippen LogP contribution in [0.4, 0.5) is 0 Å². The number of amides is 1. The van der Waals surface area contributed by atoms with E-state index in [4.69, 9.17) is 4.42 Å². The fraction of sp³-hybridized carbons (Fsp3) is 0.182. The molecule has 5 nitrogen and oxygen atoms in total. The van der Waals surface area contributed by atoms with Crippen LogP contribution in [0.2, 0.25) is 0 Å². The third-order valence-corrected chi connectivity index (χ3v) is 4.84. The van der Waals surface area contributed by atoms with E-state index < -0.39 is 0 Å². The standard InChI is InChI=1S/C22H21N3O2/c1-16(21-13-18-8-6-7-11-20(18)27-21)24(2)22(26)12-17-14-23-25(15-17)19-9-4-3-5-10-19/h3-11,13-16H,12H2,1-2H3. The average molecular weight is 359 g/mol. The van der Waals surface area contributed by atoms with Gasteiger partial charge in [0.15, 0.2) is 0 Å². The lowest BCUT2D eigenvalue weighted by Gasteiger charge is -2.23. The minimum Gasteiger partial charge on any atom is -0.459 e. The van der Waals surface area contributed by atoms with Crippen LogP contribution in [0.5, 0.6) is 0 Å². The largest absolute Gasteiger partial charge is 0.459 e. The number of benzene rings is 2. The lowest BCUT2D eigenvalue weighted by molar-refractivity contribution is -0.131. The molecule has 2 aromatic heterocycles. The van der Waals surface area contributed by atoms with Gasteiger partial charge in [-0.05, 0) is 36.8 Å². The first-order valence-corrected chi connectivity index (χ1v) is 8.95. The van der Waals surface area contributed by atoms with Crippen molar-refractivity contribution in [1.82, 2.24) is 14.7 Å². The fourth-order valence-electron chi connectivity index (χ4n) is 3.09. The number of carbonyl (C=O) groups is 1. The van der Waals surface area contributed by atoms with E-state index in [1.54, 1.807) is 15.8 Å². The second-order valence-corrected chi connectivity index (χ2v) is 6.67. The number of rotatable bonds is 5. The highest BCUT2D eigenvalue weighted by Crippen LogP contribution is 2.27. The molecule has 0 N–H and O–H groups in total. The van der Waals surface area contributed by atoms with Crippen LogP contribution in [0.1, 0.15) is 24.3 Å². The molecule has 0 aliphatic carbocycles. The Balaban J connectivity index is 1.47. The quantitative estimate of drug-likeness (QED) is 0.531. The smallest absolute Gasteiger partial charge is 0.227 e. The van der Waals surface area contributed by atoms with E-state index in [-0.39, 0.29) is 11.9 Å².